The maximum Gasteiger partial charge on any atom is 0.224 e. The van der Waals surface area contributed by atoms with Gasteiger partial charge < -0.3 is 4.57 Å². The highest BCUT2D eigenvalue weighted by Crippen LogP contribution is 2.14. The van der Waals surface area contributed by atoms with E-state index in [1.807, 2.05) is 18.5 Å². The Morgan fingerprint density at radius 3 is 2.92 bits per heavy atom. The lowest BCUT2D eigenvalue weighted by Gasteiger charge is -1.97. The molecule has 0 N–H and O–H groups in total. The van der Waals surface area contributed by atoms with Crippen LogP contribution in [0.3, 0.4) is 0 Å². The van der Waals surface area contributed by atoms with Crippen molar-refractivity contribution in [3.8, 4) is 0 Å². The van der Waals surface area contributed by atoms with Crippen molar-refractivity contribution in [2.24, 2.45) is 7.05 Å². The highest BCUT2D eigenvalue weighted by molar-refractivity contribution is 6.28. The lowest BCUT2D eigenvalue weighted by atomic mass is 10.4. The standard InChI is InChI=1S/C7H7ClN4/c1-4-5-6(9-3-12(5)2)11-7(8)10-4/h3H,1-2H3. The van der Waals surface area contributed by atoms with E-state index in [0.29, 0.717) is 5.65 Å². The molecule has 0 spiro atoms. The van der Waals surface area contributed by atoms with E-state index in [0.717, 1.165) is 11.2 Å². The normalized spacial score (nSPS) is 10.9. The van der Waals surface area contributed by atoms with E-state index in [1.165, 1.54) is 0 Å². The van der Waals surface area contributed by atoms with Gasteiger partial charge in [-0.3, -0.25) is 0 Å². The topological polar surface area (TPSA) is 43.6 Å². The number of imidazole rings is 1. The van der Waals surface area contributed by atoms with Crippen molar-refractivity contribution in [2.45, 2.75) is 6.92 Å². The molecule has 0 fully saturated rings. The van der Waals surface area contributed by atoms with Crippen molar-refractivity contribution in [1.29, 1.82) is 0 Å². The molecule has 0 radical (unpaired) electrons. The first-order valence-corrected chi connectivity index (χ1v) is 3.87. The van der Waals surface area contributed by atoms with Crippen molar-refractivity contribution in [3.63, 3.8) is 0 Å². The lowest BCUT2D eigenvalue weighted by molar-refractivity contribution is 0.937. The molecule has 0 aliphatic rings. The zero-order valence-corrected chi connectivity index (χ0v) is 7.50. The molecular weight excluding hydrogens is 176 g/mol. The third-order valence-corrected chi connectivity index (χ3v) is 1.89. The molecule has 0 unspecified atom stereocenters. The summed E-state index contributed by atoms with van der Waals surface area (Å²) in [6.45, 7) is 1.89. The van der Waals surface area contributed by atoms with E-state index < -0.39 is 0 Å². The van der Waals surface area contributed by atoms with Gasteiger partial charge in [0.15, 0.2) is 5.65 Å². The highest BCUT2D eigenvalue weighted by Gasteiger charge is 2.06. The van der Waals surface area contributed by atoms with Crippen LogP contribution in [0.15, 0.2) is 6.33 Å². The number of nitrogens with zero attached hydrogens (tertiary/aromatic N) is 4. The van der Waals surface area contributed by atoms with E-state index in [2.05, 4.69) is 15.0 Å². The number of fused-ring (bicyclic) bond motifs is 1. The largest absolute Gasteiger partial charge is 0.331 e. The third kappa shape index (κ3) is 0.956. The third-order valence-electron chi connectivity index (χ3n) is 1.72. The molecule has 2 heterocycles. The van der Waals surface area contributed by atoms with Crippen LogP contribution < -0.4 is 0 Å². The van der Waals surface area contributed by atoms with Crippen LogP contribution in [0.2, 0.25) is 5.28 Å². The molecule has 0 aromatic carbocycles. The molecule has 12 heavy (non-hydrogen) atoms. The quantitative estimate of drug-likeness (QED) is 0.578. The molecule has 0 aliphatic carbocycles. The molecule has 62 valence electrons. The Morgan fingerprint density at radius 2 is 2.17 bits per heavy atom. The summed E-state index contributed by atoms with van der Waals surface area (Å²) >= 11 is 5.66. The molecule has 0 amide bonds. The van der Waals surface area contributed by atoms with Gasteiger partial charge in [-0.15, -0.1) is 0 Å². The molecular formula is C7H7ClN4. The number of hydrogen-bond donors (Lipinski definition) is 0. The first-order valence-electron chi connectivity index (χ1n) is 3.49. The fourth-order valence-electron chi connectivity index (χ4n) is 1.22. The Hall–Kier alpha value is -1.16. The Bertz CT molecular complexity index is 434. The monoisotopic (exact) mass is 182 g/mol. The van der Waals surface area contributed by atoms with Crippen molar-refractivity contribution < 1.29 is 0 Å². The van der Waals surface area contributed by atoms with Crippen LogP contribution in [0.25, 0.3) is 11.2 Å². The minimum absolute atomic E-state index is 0.249. The van der Waals surface area contributed by atoms with Crippen molar-refractivity contribution in [3.05, 3.63) is 17.3 Å². The molecule has 0 aliphatic heterocycles. The van der Waals surface area contributed by atoms with E-state index in [1.54, 1.807) is 6.33 Å². The predicted molar refractivity (Wildman–Crippen MR) is 46.1 cm³/mol. The Morgan fingerprint density at radius 1 is 1.42 bits per heavy atom. The van der Waals surface area contributed by atoms with E-state index >= 15 is 0 Å². The summed E-state index contributed by atoms with van der Waals surface area (Å²) in [6.07, 6.45) is 1.70. The Kier molecular flexibility index (Phi) is 1.51. The molecule has 2 aromatic heterocycles. The van der Waals surface area contributed by atoms with Gasteiger partial charge in [0.05, 0.1) is 12.0 Å². The van der Waals surface area contributed by atoms with Gasteiger partial charge in [-0.2, -0.15) is 4.98 Å². The zero-order chi connectivity index (χ0) is 8.72. The first kappa shape index (κ1) is 7.49. The smallest absolute Gasteiger partial charge is 0.224 e. The number of rotatable bonds is 0. The minimum Gasteiger partial charge on any atom is -0.331 e. The number of halogens is 1. The first-order chi connectivity index (χ1) is 5.68. The van der Waals surface area contributed by atoms with Gasteiger partial charge in [-0.25, -0.2) is 9.97 Å². The zero-order valence-electron chi connectivity index (χ0n) is 6.74. The van der Waals surface area contributed by atoms with Crippen LogP contribution in [0, 0.1) is 6.92 Å². The van der Waals surface area contributed by atoms with Gasteiger partial charge in [-0.1, -0.05) is 0 Å². The number of aromatic nitrogens is 4. The second-order valence-electron chi connectivity index (χ2n) is 2.61. The van der Waals surface area contributed by atoms with Crippen LogP contribution in [-0.4, -0.2) is 19.5 Å². The van der Waals surface area contributed by atoms with Crippen molar-refractivity contribution in [1.82, 2.24) is 19.5 Å². The van der Waals surface area contributed by atoms with E-state index in [9.17, 15) is 0 Å². The fourth-order valence-corrected chi connectivity index (χ4v) is 1.43. The van der Waals surface area contributed by atoms with Crippen LogP contribution in [-0.2, 0) is 7.05 Å². The molecule has 0 bridgehead atoms. The van der Waals surface area contributed by atoms with Crippen LogP contribution >= 0.6 is 11.6 Å². The number of aryl methyl sites for hydroxylation is 2. The molecule has 0 atom stereocenters. The maximum absolute atomic E-state index is 5.66. The second kappa shape index (κ2) is 2.42. The molecule has 2 rings (SSSR count). The van der Waals surface area contributed by atoms with Gasteiger partial charge in [-0.05, 0) is 18.5 Å². The van der Waals surface area contributed by atoms with Crippen LogP contribution in [0.5, 0.6) is 0 Å². The predicted octanol–water partition coefficient (Wildman–Crippen LogP) is 1.33. The molecule has 0 saturated heterocycles. The Labute approximate surface area is 74.2 Å². The average molecular weight is 183 g/mol. The molecule has 2 aromatic rings. The summed E-state index contributed by atoms with van der Waals surface area (Å²) < 4.78 is 1.88. The van der Waals surface area contributed by atoms with Gasteiger partial charge >= 0.3 is 0 Å². The highest BCUT2D eigenvalue weighted by atomic mass is 35.5. The van der Waals surface area contributed by atoms with Crippen molar-refractivity contribution in [2.75, 3.05) is 0 Å². The summed E-state index contributed by atoms with van der Waals surface area (Å²) in [5, 5.41) is 0.249. The molecule has 5 heteroatoms. The summed E-state index contributed by atoms with van der Waals surface area (Å²) in [4.78, 5) is 12.1. The van der Waals surface area contributed by atoms with Gasteiger partial charge in [0.1, 0.15) is 5.52 Å². The second-order valence-corrected chi connectivity index (χ2v) is 2.94. The van der Waals surface area contributed by atoms with Crippen molar-refractivity contribution >= 4 is 22.8 Å². The lowest BCUT2D eigenvalue weighted by Crippen LogP contribution is -1.93. The molecule has 0 saturated carbocycles. The van der Waals surface area contributed by atoms with Gasteiger partial charge in [0.25, 0.3) is 0 Å². The SMILES string of the molecule is Cc1nc(Cl)nc2ncn(C)c12. The summed E-state index contributed by atoms with van der Waals surface area (Å²) in [6, 6.07) is 0. The molecule has 4 nitrogen and oxygen atoms in total. The van der Waals surface area contributed by atoms with Crippen LogP contribution in [0.4, 0.5) is 0 Å². The maximum atomic E-state index is 5.66. The van der Waals surface area contributed by atoms with Gasteiger partial charge in [0, 0.05) is 7.05 Å². The van der Waals surface area contributed by atoms with Gasteiger partial charge in [0.2, 0.25) is 5.28 Å². The van der Waals surface area contributed by atoms with Crippen LogP contribution in [0.1, 0.15) is 5.69 Å². The number of hydrogen-bond acceptors (Lipinski definition) is 3. The summed E-state index contributed by atoms with van der Waals surface area (Å²) in [5.41, 5.74) is 2.43. The average Bonchev–Trinajstić information content (AvgIpc) is 2.31. The van der Waals surface area contributed by atoms with E-state index in [4.69, 9.17) is 11.6 Å². The summed E-state index contributed by atoms with van der Waals surface area (Å²) in [5.74, 6) is 0. The minimum atomic E-state index is 0.249. The summed E-state index contributed by atoms with van der Waals surface area (Å²) in [7, 11) is 1.90. The van der Waals surface area contributed by atoms with E-state index in [-0.39, 0.29) is 5.28 Å². The fraction of sp³-hybridized carbons (Fsp3) is 0.286. The Balaban J connectivity index is 2.93.